The van der Waals surface area contributed by atoms with E-state index in [1.54, 1.807) is 0 Å². The lowest BCUT2D eigenvalue weighted by atomic mass is 9.46. The topological polar surface area (TPSA) is 91.8 Å². The molecule has 7 rings (SSSR count). The van der Waals surface area contributed by atoms with Crippen LogP contribution in [-0.2, 0) is 19.8 Å². The van der Waals surface area contributed by atoms with Crippen LogP contribution in [0.3, 0.4) is 0 Å². The smallest absolute Gasteiger partial charge is 0.337 e. The molecule has 6 nitrogen and oxygen atoms in total. The van der Waals surface area contributed by atoms with Crippen molar-refractivity contribution in [2.24, 2.45) is 11.8 Å². The molecule has 7 heteroatoms. The Kier molecular flexibility index (Phi) is 4.20. The van der Waals surface area contributed by atoms with Crippen molar-refractivity contribution in [3.8, 4) is 0 Å². The van der Waals surface area contributed by atoms with Gasteiger partial charge in [-0.3, -0.25) is 14.4 Å². The maximum atomic E-state index is 14.0. The third-order valence-electron chi connectivity index (χ3n) is 7.61. The number of imide groups is 1. The summed E-state index contributed by atoms with van der Waals surface area (Å²) >= 11 is 6.02. The monoisotopic (exact) mass is 471 g/mol. The Morgan fingerprint density at radius 3 is 2.06 bits per heavy atom. The molecule has 1 saturated heterocycles. The first-order valence-corrected chi connectivity index (χ1v) is 11.3. The molecule has 3 aliphatic carbocycles. The molecule has 34 heavy (non-hydrogen) atoms. The summed E-state index contributed by atoms with van der Waals surface area (Å²) in [4.78, 5) is 54.1. The van der Waals surface area contributed by atoms with Crippen molar-refractivity contribution in [2.45, 2.75) is 18.3 Å². The van der Waals surface area contributed by atoms with Gasteiger partial charge in [-0.05, 0) is 47.4 Å². The third-order valence-corrected chi connectivity index (χ3v) is 7.94. The lowest BCUT2D eigenvalue weighted by Crippen LogP contribution is -2.57. The van der Waals surface area contributed by atoms with E-state index in [1.807, 2.05) is 48.5 Å². The summed E-state index contributed by atoms with van der Waals surface area (Å²) in [6.07, 6.45) is 0. The standard InChI is InChI=1S/C27H18ClNO5/c1-13(30)27-18-8-4-2-6-15(18)21(16-7-3-5-9-19(16)27)22-23(27)25(32)29(24(22)31)14-10-11-20(28)17(12-14)26(33)34/h2-12,21-23H,1H3,(H,33,34). The van der Waals surface area contributed by atoms with Crippen LogP contribution in [0.4, 0.5) is 5.69 Å². The SMILES string of the molecule is CC(=O)C12c3ccccc3C(c3ccccc31)C1C(=O)N(c3ccc(Cl)c(C(=O)O)c3)C(=O)C12. The highest BCUT2D eigenvalue weighted by atomic mass is 35.5. The summed E-state index contributed by atoms with van der Waals surface area (Å²) in [6, 6.07) is 19.1. The zero-order valence-electron chi connectivity index (χ0n) is 18.0. The molecule has 3 aromatic carbocycles. The van der Waals surface area contributed by atoms with Gasteiger partial charge in [0.2, 0.25) is 11.8 Å². The van der Waals surface area contributed by atoms with Gasteiger partial charge in [0.15, 0.2) is 0 Å². The molecule has 2 amide bonds. The van der Waals surface area contributed by atoms with Gasteiger partial charge in [0.25, 0.3) is 0 Å². The quantitative estimate of drug-likeness (QED) is 0.579. The molecule has 1 N–H and O–H groups in total. The number of Topliss-reactive ketones (excluding diaryl/α,β-unsaturated/α-hetero) is 1. The molecule has 0 saturated carbocycles. The van der Waals surface area contributed by atoms with Crippen LogP contribution in [0.2, 0.25) is 5.02 Å². The molecule has 2 bridgehead atoms. The Hall–Kier alpha value is -3.77. The molecule has 3 aromatic rings. The van der Waals surface area contributed by atoms with Crippen molar-refractivity contribution in [3.63, 3.8) is 0 Å². The Bertz CT molecular complexity index is 1410. The van der Waals surface area contributed by atoms with Crippen molar-refractivity contribution in [3.05, 3.63) is 99.6 Å². The van der Waals surface area contributed by atoms with Gasteiger partial charge in [0.1, 0.15) is 5.78 Å². The average molecular weight is 472 g/mol. The molecule has 4 aliphatic rings. The second kappa shape index (κ2) is 6.87. The van der Waals surface area contributed by atoms with Gasteiger partial charge in [-0.15, -0.1) is 0 Å². The number of carbonyl (C=O) groups excluding carboxylic acids is 3. The number of nitrogens with zero attached hydrogens (tertiary/aromatic N) is 1. The highest BCUT2D eigenvalue weighted by Gasteiger charge is 2.70. The minimum atomic E-state index is -1.30. The molecule has 168 valence electrons. The number of ketones is 1. The number of halogens is 1. The zero-order valence-corrected chi connectivity index (χ0v) is 18.7. The predicted octanol–water partition coefficient (Wildman–Crippen LogP) is 4.18. The van der Waals surface area contributed by atoms with Crippen LogP contribution >= 0.6 is 11.6 Å². The summed E-state index contributed by atoms with van der Waals surface area (Å²) in [6.45, 7) is 1.47. The maximum absolute atomic E-state index is 14.0. The maximum Gasteiger partial charge on any atom is 0.337 e. The van der Waals surface area contributed by atoms with Gasteiger partial charge in [0.05, 0.1) is 33.5 Å². The molecular formula is C27H18ClNO5. The van der Waals surface area contributed by atoms with E-state index in [4.69, 9.17) is 11.6 Å². The number of carboxylic acid groups (broad SMARTS) is 1. The molecule has 1 aliphatic heterocycles. The first kappa shape index (κ1) is 20.8. The van der Waals surface area contributed by atoms with Crippen LogP contribution in [0, 0.1) is 11.8 Å². The average Bonchev–Trinajstić information content (AvgIpc) is 3.10. The lowest BCUT2D eigenvalue weighted by molar-refractivity contribution is -0.132. The van der Waals surface area contributed by atoms with Crippen LogP contribution in [0.25, 0.3) is 0 Å². The second-order valence-electron chi connectivity index (χ2n) is 9.00. The largest absolute Gasteiger partial charge is 0.478 e. The summed E-state index contributed by atoms with van der Waals surface area (Å²) in [5.41, 5.74) is 1.92. The number of hydrogen-bond donors (Lipinski definition) is 1. The molecule has 0 radical (unpaired) electrons. The van der Waals surface area contributed by atoms with Gasteiger partial charge in [-0.1, -0.05) is 60.1 Å². The lowest BCUT2D eigenvalue weighted by Gasteiger charge is -2.52. The van der Waals surface area contributed by atoms with E-state index >= 15 is 0 Å². The summed E-state index contributed by atoms with van der Waals surface area (Å²) in [7, 11) is 0. The van der Waals surface area contributed by atoms with Crippen LogP contribution < -0.4 is 4.90 Å². The molecule has 0 spiro atoms. The van der Waals surface area contributed by atoms with Gasteiger partial charge in [0, 0.05) is 5.92 Å². The van der Waals surface area contributed by atoms with Gasteiger partial charge < -0.3 is 5.11 Å². The van der Waals surface area contributed by atoms with E-state index in [0.29, 0.717) is 0 Å². The highest BCUT2D eigenvalue weighted by Crippen LogP contribution is 2.64. The van der Waals surface area contributed by atoms with Gasteiger partial charge in [-0.25, -0.2) is 9.69 Å². The molecule has 2 unspecified atom stereocenters. The fourth-order valence-corrected chi connectivity index (χ4v) is 6.64. The fourth-order valence-electron chi connectivity index (χ4n) is 6.44. The number of carbonyl (C=O) groups is 4. The van der Waals surface area contributed by atoms with E-state index in [-0.39, 0.29) is 28.0 Å². The highest BCUT2D eigenvalue weighted by molar-refractivity contribution is 6.34. The third kappa shape index (κ3) is 2.31. The number of rotatable bonds is 3. The van der Waals surface area contributed by atoms with Gasteiger partial charge in [-0.2, -0.15) is 0 Å². The Morgan fingerprint density at radius 2 is 1.50 bits per heavy atom. The first-order valence-electron chi connectivity index (χ1n) is 10.9. The van der Waals surface area contributed by atoms with Crippen LogP contribution in [-0.4, -0.2) is 28.7 Å². The van der Waals surface area contributed by atoms with E-state index in [0.717, 1.165) is 27.2 Å². The Morgan fingerprint density at radius 1 is 0.912 bits per heavy atom. The molecule has 1 fully saturated rings. The number of carboxylic acids is 1. The normalized spacial score (nSPS) is 26.2. The molecule has 2 atom stereocenters. The zero-order chi connectivity index (χ0) is 23.9. The van der Waals surface area contributed by atoms with Crippen molar-refractivity contribution in [1.82, 2.24) is 0 Å². The van der Waals surface area contributed by atoms with Crippen molar-refractivity contribution >= 4 is 40.9 Å². The molecule has 0 aromatic heterocycles. The van der Waals surface area contributed by atoms with Gasteiger partial charge >= 0.3 is 5.97 Å². The van der Waals surface area contributed by atoms with E-state index in [1.165, 1.54) is 25.1 Å². The Labute approximate surface area is 199 Å². The summed E-state index contributed by atoms with van der Waals surface area (Å²) in [5.74, 6) is -4.48. The predicted molar refractivity (Wildman–Crippen MR) is 124 cm³/mol. The van der Waals surface area contributed by atoms with Crippen LogP contribution in [0.5, 0.6) is 0 Å². The Balaban J connectivity index is 1.63. The number of anilines is 1. The first-order chi connectivity index (χ1) is 16.3. The van der Waals surface area contributed by atoms with Crippen molar-refractivity contribution in [1.29, 1.82) is 0 Å². The van der Waals surface area contributed by atoms with Crippen LogP contribution in [0.15, 0.2) is 66.7 Å². The second-order valence-corrected chi connectivity index (χ2v) is 9.41. The summed E-state index contributed by atoms with van der Waals surface area (Å²) in [5, 5.41) is 9.51. The number of amides is 2. The molecular weight excluding hydrogens is 454 g/mol. The van der Waals surface area contributed by atoms with Crippen molar-refractivity contribution < 1.29 is 24.3 Å². The van der Waals surface area contributed by atoms with E-state index < -0.39 is 35.0 Å². The minimum Gasteiger partial charge on any atom is -0.478 e. The molecule has 1 heterocycles. The number of aromatic carboxylic acids is 1. The summed E-state index contributed by atoms with van der Waals surface area (Å²) < 4.78 is 0. The number of hydrogen-bond acceptors (Lipinski definition) is 4. The van der Waals surface area contributed by atoms with Crippen LogP contribution in [0.1, 0.15) is 45.5 Å². The fraction of sp³-hybridized carbons (Fsp3) is 0.185. The number of benzene rings is 3. The van der Waals surface area contributed by atoms with Crippen molar-refractivity contribution in [2.75, 3.05) is 4.90 Å². The minimum absolute atomic E-state index is 0.00727. The van der Waals surface area contributed by atoms with E-state index in [9.17, 15) is 24.3 Å². The van der Waals surface area contributed by atoms with E-state index in [2.05, 4.69) is 0 Å².